The Labute approximate surface area is 159 Å². The fourth-order valence-electron chi connectivity index (χ4n) is 3.40. The molecule has 0 atom stereocenters. The van der Waals surface area contributed by atoms with E-state index in [9.17, 15) is 4.79 Å². The monoisotopic (exact) mass is 375 g/mol. The van der Waals surface area contributed by atoms with Gasteiger partial charge in [-0.15, -0.1) is 21.5 Å². The lowest BCUT2D eigenvalue weighted by Gasteiger charge is -2.11. The Morgan fingerprint density at radius 1 is 1.37 bits per heavy atom. The van der Waals surface area contributed by atoms with Crippen molar-refractivity contribution in [3.05, 3.63) is 64.3 Å². The molecule has 1 aliphatic carbocycles. The summed E-state index contributed by atoms with van der Waals surface area (Å²) in [7, 11) is 0. The van der Waals surface area contributed by atoms with Crippen LogP contribution < -0.4 is 0 Å². The van der Waals surface area contributed by atoms with Crippen molar-refractivity contribution in [2.24, 2.45) is 0 Å². The minimum atomic E-state index is 0.000984. The molecule has 4 aromatic rings. The molecule has 0 aromatic carbocycles. The molecule has 0 spiro atoms. The van der Waals surface area contributed by atoms with Crippen LogP contribution in [0.25, 0.3) is 16.8 Å². The maximum atomic E-state index is 13.0. The standard InChI is InChI=1S/C20H17N5OS/c1-12-10-27-19(23-12)7-18(26)16-6-14(9-25-11-22-24-20(16)25)17-8-21-5-4-15(17)13-2-3-13/h4-6,8-11,13H,2-3,7H2,1H3. The first kappa shape index (κ1) is 16.3. The van der Waals surface area contributed by atoms with Crippen LogP contribution in [0.1, 0.15) is 45.4 Å². The molecule has 0 N–H and O–H groups in total. The van der Waals surface area contributed by atoms with Crippen LogP contribution in [0.2, 0.25) is 0 Å². The first-order valence-electron chi connectivity index (χ1n) is 8.91. The molecule has 1 fully saturated rings. The van der Waals surface area contributed by atoms with E-state index in [1.54, 1.807) is 6.33 Å². The van der Waals surface area contributed by atoms with Crippen LogP contribution in [0.4, 0.5) is 0 Å². The van der Waals surface area contributed by atoms with Gasteiger partial charge in [-0.1, -0.05) is 0 Å². The molecule has 0 radical (unpaired) electrons. The molecule has 1 aliphatic rings. The molecule has 0 saturated heterocycles. The molecule has 6 nitrogen and oxygen atoms in total. The quantitative estimate of drug-likeness (QED) is 0.495. The van der Waals surface area contributed by atoms with Gasteiger partial charge in [0.15, 0.2) is 11.4 Å². The van der Waals surface area contributed by atoms with Gasteiger partial charge in [0.25, 0.3) is 0 Å². The lowest BCUT2D eigenvalue weighted by Crippen LogP contribution is -2.07. The van der Waals surface area contributed by atoms with E-state index in [1.165, 1.54) is 29.7 Å². The Bertz CT molecular complexity index is 1160. The zero-order chi connectivity index (χ0) is 18.4. The van der Waals surface area contributed by atoms with Crippen molar-refractivity contribution in [1.82, 2.24) is 24.6 Å². The molecule has 4 aromatic heterocycles. The molecule has 0 bridgehead atoms. The maximum Gasteiger partial charge on any atom is 0.173 e. The summed E-state index contributed by atoms with van der Waals surface area (Å²) in [6.07, 6.45) is 10.0. The summed E-state index contributed by atoms with van der Waals surface area (Å²) >= 11 is 1.51. The number of fused-ring (bicyclic) bond motifs is 1. The number of hydrogen-bond acceptors (Lipinski definition) is 6. The largest absolute Gasteiger partial charge is 0.294 e. The van der Waals surface area contributed by atoms with Crippen molar-refractivity contribution < 1.29 is 4.79 Å². The minimum Gasteiger partial charge on any atom is -0.294 e. The smallest absolute Gasteiger partial charge is 0.173 e. The Morgan fingerprint density at radius 2 is 2.26 bits per heavy atom. The lowest BCUT2D eigenvalue weighted by atomic mass is 9.98. The first-order chi connectivity index (χ1) is 13.2. The third-order valence-corrected chi connectivity index (χ3v) is 5.82. The van der Waals surface area contributed by atoms with Crippen LogP contribution in [-0.4, -0.2) is 30.3 Å². The second kappa shape index (κ2) is 6.35. The number of nitrogens with zero attached hydrogens (tertiary/aromatic N) is 5. The number of carbonyl (C=O) groups excluding carboxylic acids is 1. The molecule has 27 heavy (non-hydrogen) atoms. The number of rotatable bonds is 5. The number of Topliss-reactive ketones (excluding diaryl/α,β-unsaturated/α-hetero) is 1. The SMILES string of the molecule is Cc1csc(CC(=O)c2cc(-c3cnccc3C3CC3)cn3cnnc23)n1. The Hall–Kier alpha value is -2.93. The van der Waals surface area contributed by atoms with Crippen LogP contribution in [0.3, 0.4) is 0 Å². The molecule has 7 heteroatoms. The molecule has 5 rings (SSSR count). The van der Waals surface area contributed by atoms with Crippen molar-refractivity contribution in [2.75, 3.05) is 0 Å². The summed E-state index contributed by atoms with van der Waals surface area (Å²) in [6.45, 7) is 1.93. The average molecular weight is 375 g/mol. The number of ketones is 1. The molecular weight excluding hydrogens is 358 g/mol. The van der Waals surface area contributed by atoms with E-state index in [-0.39, 0.29) is 12.2 Å². The van der Waals surface area contributed by atoms with Gasteiger partial charge in [0.05, 0.1) is 12.0 Å². The molecular formula is C20H17N5OS. The number of carbonyl (C=O) groups is 1. The summed E-state index contributed by atoms with van der Waals surface area (Å²) in [5.41, 5.74) is 5.43. The van der Waals surface area contributed by atoms with Gasteiger partial charge < -0.3 is 0 Å². The maximum absolute atomic E-state index is 13.0. The molecule has 0 unspecified atom stereocenters. The number of hydrogen-bond donors (Lipinski definition) is 0. The van der Waals surface area contributed by atoms with Gasteiger partial charge in [0, 0.05) is 40.8 Å². The third kappa shape index (κ3) is 3.04. The van der Waals surface area contributed by atoms with E-state index in [1.807, 2.05) is 41.4 Å². The average Bonchev–Trinajstić information content (AvgIpc) is 3.28. The van der Waals surface area contributed by atoms with Crippen molar-refractivity contribution in [3.63, 3.8) is 0 Å². The van der Waals surface area contributed by atoms with Crippen molar-refractivity contribution in [2.45, 2.75) is 32.1 Å². The summed E-state index contributed by atoms with van der Waals surface area (Å²) in [4.78, 5) is 21.7. The van der Waals surface area contributed by atoms with Crippen molar-refractivity contribution in [3.8, 4) is 11.1 Å². The topological polar surface area (TPSA) is 73.0 Å². The van der Waals surface area contributed by atoms with Crippen molar-refractivity contribution >= 4 is 22.8 Å². The van der Waals surface area contributed by atoms with Crippen molar-refractivity contribution in [1.29, 1.82) is 0 Å². The van der Waals surface area contributed by atoms with Crippen LogP contribution in [0.5, 0.6) is 0 Å². The Morgan fingerprint density at radius 3 is 3.04 bits per heavy atom. The zero-order valence-corrected chi connectivity index (χ0v) is 15.6. The zero-order valence-electron chi connectivity index (χ0n) is 14.8. The van der Waals surface area contributed by atoms with Gasteiger partial charge in [-0.25, -0.2) is 4.98 Å². The highest BCUT2D eigenvalue weighted by Gasteiger charge is 2.27. The van der Waals surface area contributed by atoms with Crippen LogP contribution >= 0.6 is 11.3 Å². The van der Waals surface area contributed by atoms with Gasteiger partial charge in [0.2, 0.25) is 0 Å². The van der Waals surface area contributed by atoms with E-state index >= 15 is 0 Å². The Balaban J connectivity index is 1.60. The van der Waals surface area contributed by atoms with Crippen LogP contribution in [-0.2, 0) is 6.42 Å². The highest BCUT2D eigenvalue weighted by molar-refractivity contribution is 7.09. The molecule has 0 amide bonds. The molecule has 134 valence electrons. The second-order valence-corrected chi connectivity index (χ2v) is 7.87. The normalized spacial score (nSPS) is 14.0. The van der Waals surface area contributed by atoms with Crippen LogP contribution in [0, 0.1) is 6.92 Å². The first-order valence-corrected chi connectivity index (χ1v) is 9.79. The van der Waals surface area contributed by atoms with Gasteiger partial charge >= 0.3 is 0 Å². The lowest BCUT2D eigenvalue weighted by molar-refractivity contribution is 0.0994. The van der Waals surface area contributed by atoms with Gasteiger partial charge in [0.1, 0.15) is 11.3 Å². The highest BCUT2D eigenvalue weighted by atomic mass is 32.1. The van der Waals surface area contributed by atoms with E-state index in [0.717, 1.165) is 21.8 Å². The molecule has 1 saturated carbocycles. The Kier molecular flexibility index (Phi) is 3.82. The molecule has 0 aliphatic heterocycles. The van der Waals surface area contributed by atoms with E-state index in [4.69, 9.17) is 0 Å². The van der Waals surface area contributed by atoms with E-state index in [0.29, 0.717) is 17.1 Å². The minimum absolute atomic E-state index is 0.000984. The number of aryl methyl sites for hydroxylation is 1. The van der Waals surface area contributed by atoms with E-state index < -0.39 is 0 Å². The number of thiazole rings is 1. The van der Waals surface area contributed by atoms with Gasteiger partial charge in [-0.05, 0) is 43.4 Å². The fraction of sp³-hybridized carbons (Fsp3) is 0.250. The predicted octanol–water partition coefficient (Wildman–Crippen LogP) is 3.86. The summed E-state index contributed by atoms with van der Waals surface area (Å²) in [5.74, 6) is 0.595. The highest BCUT2D eigenvalue weighted by Crippen LogP contribution is 2.44. The summed E-state index contributed by atoms with van der Waals surface area (Å²) < 4.78 is 1.82. The van der Waals surface area contributed by atoms with Crippen LogP contribution in [0.15, 0.2) is 42.4 Å². The third-order valence-electron chi connectivity index (χ3n) is 4.85. The number of aromatic nitrogens is 5. The predicted molar refractivity (Wildman–Crippen MR) is 103 cm³/mol. The van der Waals surface area contributed by atoms with E-state index in [2.05, 4.69) is 26.2 Å². The molecule has 4 heterocycles. The van der Waals surface area contributed by atoms with Gasteiger partial charge in [-0.3, -0.25) is 14.2 Å². The number of pyridine rings is 2. The second-order valence-electron chi connectivity index (χ2n) is 6.92. The van der Waals surface area contributed by atoms with Gasteiger partial charge in [-0.2, -0.15) is 0 Å². The summed E-state index contributed by atoms with van der Waals surface area (Å²) in [6, 6.07) is 4.01. The summed E-state index contributed by atoms with van der Waals surface area (Å²) in [5, 5.41) is 10.9. The fourth-order valence-corrected chi connectivity index (χ4v) is 4.17.